The van der Waals surface area contributed by atoms with E-state index < -0.39 is 26.0 Å². The molecule has 8 saturated carbocycles. The molecule has 550 valence electrons. The highest BCUT2D eigenvalue weighted by atomic mass is 31.2. The third-order valence-corrected chi connectivity index (χ3v) is 49.6. The molecule has 2 unspecified atom stereocenters. The second kappa shape index (κ2) is 23.9. The lowest BCUT2D eigenvalue weighted by atomic mass is 9.19. The van der Waals surface area contributed by atoms with Crippen molar-refractivity contribution < 1.29 is 0 Å². The van der Waals surface area contributed by atoms with Crippen LogP contribution in [0.3, 0.4) is 0 Å². The van der Waals surface area contributed by atoms with Gasteiger partial charge >= 0.3 is 0 Å². The van der Waals surface area contributed by atoms with E-state index in [0.29, 0.717) is 10.8 Å². The summed E-state index contributed by atoms with van der Waals surface area (Å²) in [6.45, 7) is 4.46. The number of hydrogen-bond acceptors (Lipinski definition) is 0. The summed E-state index contributed by atoms with van der Waals surface area (Å²) >= 11 is 0. The minimum atomic E-state index is -1.76. The van der Waals surface area contributed by atoms with E-state index in [-0.39, 0.29) is 30.5 Å². The molecule has 0 amide bonds. The van der Waals surface area contributed by atoms with Crippen LogP contribution >= 0.6 is 14.3 Å². The van der Waals surface area contributed by atoms with Crippen LogP contribution in [0.4, 0.5) is 0 Å². The zero-order valence-electron chi connectivity index (χ0n) is 65.3. The molecule has 0 N–H and O–H groups in total. The Balaban J connectivity index is 0.000000122. The molecule has 16 aliphatic rings. The smallest absolute Gasteiger partial charge is 0.160 e. The van der Waals surface area contributed by atoms with Crippen LogP contribution < -0.4 is 10.9 Å². The molecule has 0 aromatic heterocycles. The van der Waals surface area contributed by atoms with Crippen LogP contribution in [0, 0.1) is 46.3 Å². The van der Waals surface area contributed by atoms with Crippen LogP contribution in [0.1, 0.15) is 161 Å². The van der Waals surface area contributed by atoms with E-state index in [1.165, 1.54) is 147 Å². The molecule has 0 radical (unpaired) electrons. The molecule has 0 nitrogen and oxygen atoms in total. The summed E-state index contributed by atoms with van der Waals surface area (Å²) in [6, 6.07) is 138. The van der Waals surface area contributed by atoms with Crippen molar-refractivity contribution in [1.82, 2.24) is 0 Å². The van der Waals surface area contributed by atoms with Crippen molar-refractivity contribution in [1.29, 1.82) is 0 Å². The largest absolute Gasteiger partial charge is 0.277 e. The Morgan fingerprint density at radius 2 is 0.446 bits per heavy atom. The minimum absolute atomic E-state index is 0.0244. The van der Waals surface area contributed by atoms with E-state index >= 15 is 0 Å². The first-order chi connectivity index (χ1) is 55.4. The fraction of sp³-hybridized carbons (Fsp3) is 0.296. The molecular formula is C108H102B2P2. The lowest BCUT2D eigenvalue weighted by Crippen LogP contribution is -2.65. The second-order valence-electron chi connectivity index (χ2n) is 38.1. The van der Waals surface area contributed by atoms with E-state index in [2.05, 4.69) is 366 Å². The summed E-state index contributed by atoms with van der Waals surface area (Å²) in [5.74, 6) is 3.59. The van der Waals surface area contributed by atoms with E-state index in [1.807, 2.05) is 0 Å². The fourth-order valence-electron chi connectivity index (χ4n) is 33.7. The summed E-state index contributed by atoms with van der Waals surface area (Å²) < 4.78 is 0. The number of hydrogen-bond donors (Lipinski definition) is 0. The maximum atomic E-state index is 2.65. The first-order valence-corrected chi connectivity index (χ1v) is 47.4. The Hall–Kier alpha value is -8.89. The molecule has 8 bridgehead atoms. The van der Waals surface area contributed by atoms with Crippen molar-refractivity contribution in [2.24, 2.45) is 46.3 Å². The van der Waals surface area contributed by atoms with E-state index in [0.717, 1.165) is 35.5 Å². The molecule has 10 atom stereocenters. The first kappa shape index (κ1) is 67.6. The number of benzene rings is 12. The molecule has 112 heavy (non-hydrogen) atoms. The third-order valence-electron chi connectivity index (χ3n) is 34.3. The van der Waals surface area contributed by atoms with Crippen molar-refractivity contribution in [3.8, 4) is 22.3 Å². The molecule has 12 aromatic carbocycles. The van der Waals surface area contributed by atoms with E-state index in [4.69, 9.17) is 0 Å². The predicted molar refractivity (Wildman–Crippen MR) is 477 cm³/mol. The van der Waals surface area contributed by atoms with Crippen LogP contribution in [0.25, 0.3) is 44.5 Å². The number of rotatable bonds is 17. The van der Waals surface area contributed by atoms with Gasteiger partial charge in [-0.1, -0.05) is 391 Å². The SMILES string of the molecule is CCCCCC.c1ccc(C2=C(c3ccccc3)[C@@]3(c4ccccc4)[C@@]4(c5ccccc5)[B@@-]5(c6ccc(-c7ccccc7)cc6)[C@]2(C26CC7CC(CC(C7)C2)C6)[P+]534)cc1.c1ccc(C2=C(c3ccccc3)[C@]3(c4ccccc4)[C@]4(c5ccccc5)[B@-]5(c6ccc(-c7ccccc7)cc6)[C@@]2(C26CC7CC(CC(C7)C2)C6)[P+]534)cc1. The number of unbranched alkanes of at least 4 members (excludes halogenated alkanes) is 3. The Morgan fingerprint density at radius 3 is 0.696 bits per heavy atom. The highest BCUT2D eigenvalue weighted by Crippen LogP contribution is 3.47. The summed E-state index contributed by atoms with van der Waals surface area (Å²) in [5.41, 5.74) is 28.8. The van der Waals surface area contributed by atoms with Gasteiger partial charge in [0.15, 0.2) is 0 Å². The fourth-order valence-corrected chi connectivity index (χ4v) is 57.0. The molecule has 6 saturated heterocycles. The van der Waals surface area contributed by atoms with Gasteiger partial charge in [-0.3, -0.25) is 0 Å². The maximum Gasteiger partial charge on any atom is 0.277 e. The van der Waals surface area contributed by atoms with Gasteiger partial charge in [-0.2, -0.15) is 25.2 Å². The Kier molecular flexibility index (Phi) is 14.4. The third kappa shape index (κ3) is 7.32. The summed E-state index contributed by atoms with van der Waals surface area (Å²) in [4.78, 5) is 0. The number of allylic oxidation sites excluding steroid dienone is 4. The summed E-state index contributed by atoms with van der Waals surface area (Å²) in [6.07, 6.45) is 23.1. The van der Waals surface area contributed by atoms with Gasteiger partial charge in [0.2, 0.25) is 0 Å². The Labute approximate surface area is 666 Å². The predicted octanol–water partition coefficient (Wildman–Crippen LogP) is 26.6. The molecule has 14 fully saturated rings. The highest BCUT2D eigenvalue weighted by Gasteiger charge is 3.37. The van der Waals surface area contributed by atoms with Gasteiger partial charge in [0.1, 0.15) is 0 Å². The molecule has 2 spiro atoms. The topological polar surface area (TPSA) is 0 Å². The molecule has 8 aliphatic carbocycles. The quantitative estimate of drug-likeness (QED) is 0.0484. The van der Waals surface area contributed by atoms with Crippen molar-refractivity contribution in [2.45, 2.75) is 147 Å². The van der Waals surface area contributed by atoms with Gasteiger partial charge in [-0.25, -0.2) is 0 Å². The van der Waals surface area contributed by atoms with Crippen LogP contribution in [0.15, 0.2) is 352 Å². The highest BCUT2D eigenvalue weighted by molar-refractivity contribution is 8.49. The average molecular weight is 1480 g/mol. The van der Waals surface area contributed by atoms with E-state index in [1.54, 1.807) is 55.5 Å². The van der Waals surface area contributed by atoms with Gasteiger partial charge in [0.25, 0.3) is 11.7 Å². The molecule has 28 rings (SSSR count). The lowest BCUT2D eigenvalue weighted by Gasteiger charge is -2.63. The maximum absolute atomic E-state index is 2.65. The van der Waals surface area contributed by atoms with Crippen LogP contribution in [-0.4, -0.2) is 21.8 Å². The molecule has 12 aromatic rings. The first-order valence-electron chi connectivity index (χ1n) is 43.7. The minimum Gasteiger partial charge on any atom is -0.160 e. The number of fused-ring (bicyclic) bond motifs is 6. The van der Waals surface area contributed by atoms with Crippen molar-refractivity contribution in [2.75, 3.05) is 0 Å². The average Bonchev–Trinajstić information content (AvgIpc) is 1.28. The second-order valence-corrected chi connectivity index (χ2v) is 46.7. The standard InChI is InChI=1S/2C51H44BP.C6H14/c2*1-6-16-39(17-7-1)40-26-28-45(29-27-40)52-50(44-24-14-5-15-25-44)49(43-22-12-4-13-23-43)46(41-18-8-2-9-19-41)47(42-20-10-3-11-21-42)51(52,53(49,50)52)48-33-36-30-37(34-48)32-38(31-36)35-48;1-3-5-6-4-2/h2*1-29,36-38H,30-35H2;3-6H2,1-2H3/t2*36?,37?,38?,48?,49-,50-,51-,52-,53?;/m10./s1. The Morgan fingerprint density at radius 1 is 0.232 bits per heavy atom. The van der Waals surface area contributed by atoms with Crippen molar-refractivity contribution >= 4 is 59.2 Å². The summed E-state index contributed by atoms with van der Waals surface area (Å²) in [7, 11) is -3.51. The molecule has 8 aliphatic heterocycles. The van der Waals surface area contributed by atoms with Gasteiger partial charge in [-0.15, -0.1) is 0 Å². The van der Waals surface area contributed by atoms with Crippen LogP contribution in [0.2, 0.25) is 0 Å². The van der Waals surface area contributed by atoms with E-state index in [9.17, 15) is 0 Å². The van der Waals surface area contributed by atoms with Gasteiger partial charge in [0, 0.05) is 31.4 Å². The summed E-state index contributed by atoms with van der Waals surface area (Å²) in [5, 5.41) is 0.839. The lowest BCUT2D eigenvalue weighted by molar-refractivity contribution is -0.0528. The van der Waals surface area contributed by atoms with Gasteiger partial charge in [-0.05, 0) is 201 Å². The van der Waals surface area contributed by atoms with Crippen molar-refractivity contribution in [3.05, 3.63) is 396 Å². The molecular weight excluding hydrogens is 1380 g/mol. The van der Waals surface area contributed by atoms with Gasteiger partial charge in [0.05, 0.1) is 10.3 Å². The monoisotopic (exact) mass is 1480 g/mol. The van der Waals surface area contributed by atoms with Crippen LogP contribution in [0.5, 0.6) is 0 Å². The molecule has 4 heteroatoms. The van der Waals surface area contributed by atoms with Gasteiger partial charge < -0.3 is 0 Å². The zero-order valence-corrected chi connectivity index (χ0v) is 67.1. The van der Waals surface area contributed by atoms with Crippen molar-refractivity contribution in [3.63, 3.8) is 0 Å². The molecule has 8 heterocycles. The normalized spacial score (nSPS) is 37.1. The Bertz CT molecular complexity index is 5320. The zero-order chi connectivity index (χ0) is 74.2. The van der Waals surface area contributed by atoms with Crippen LogP contribution in [-0.2, 0) is 20.4 Å².